The fraction of sp³-hybridized carbons (Fsp3) is 0.417. The van der Waals surface area contributed by atoms with Gasteiger partial charge in [0.2, 0.25) is 0 Å². The van der Waals surface area contributed by atoms with Crippen LogP contribution in [0.25, 0.3) is 10.2 Å². The fourth-order valence-electron chi connectivity index (χ4n) is 1.63. The molecule has 0 amide bonds. The Bertz CT molecular complexity index is 481. The first-order chi connectivity index (χ1) is 7.74. The lowest BCUT2D eigenvalue weighted by molar-refractivity contribution is 0.415. The summed E-state index contributed by atoms with van der Waals surface area (Å²) in [4.78, 5) is 4.61. The van der Waals surface area contributed by atoms with Crippen LogP contribution in [0, 0.1) is 0 Å². The predicted molar refractivity (Wildman–Crippen MR) is 68.3 cm³/mol. The number of nitrogens with one attached hydrogen (secondary N) is 1. The van der Waals surface area contributed by atoms with Crippen LogP contribution in [0.4, 0.5) is 0 Å². The van der Waals surface area contributed by atoms with Crippen molar-refractivity contribution in [2.45, 2.75) is 19.9 Å². The SMILES string of the molecule is CCNC(C)c1nc2ccc(OC)cc2s1. The summed E-state index contributed by atoms with van der Waals surface area (Å²) in [5.74, 6) is 0.888. The summed E-state index contributed by atoms with van der Waals surface area (Å²) < 4.78 is 6.38. The molecule has 1 N–H and O–H groups in total. The maximum Gasteiger partial charge on any atom is 0.120 e. The van der Waals surface area contributed by atoms with E-state index in [0.717, 1.165) is 22.8 Å². The molecule has 0 radical (unpaired) electrons. The van der Waals surface area contributed by atoms with Crippen LogP contribution in [-0.2, 0) is 0 Å². The third kappa shape index (κ3) is 2.18. The Balaban J connectivity index is 2.35. The van der Waals surface area contributed by atoms with Gasteiger partial charge in [-0.1, -0.05) is 6.92 Å². The summed E-state index contributed by atoms with van der Waals surface area (Å²) in [5, 5.41) is 4.50. The van der Waals surface area contributed by atoms with Gasteiger partial charge in [0, 0.05) is 0 Å². The Morgan fingerprint density at radius 1 is 1.50 bits per heavy atom. The lowest BCUT2D eigenvalue weighted by Gasteiger charge is -2.07. The Labute approximate surface area is 99.5 Å². The molecule has 0 aliphatic heterocycles. The van der Waals surface area contributed by atoms with E-state index in [0.29, 0.717) is 6.04 Å². The van der Waals surface area contributed by atoms with Crippen LogP contribution in [0.3, 0.4) is 0 Å². The van der Waals surface area contributed by atoms with Crippen molar-refractivity contribution in [2.24, 2.45) is 0 Å². The molecule has 2 aromatic rings. The van der Waals surface area contributed by atoms with Gasteiger partial charge in [-0.3, -0.25) is 0 Å². The molecule has 0 bridgehead atoms. The maximum absolute atomic E-state index is 5.20. The van der Waals surface area contributed by atoms with Gasteiger partial charge in [0.25, 0.3) is 0 Å². The number of ether oxygens (including phenoxy) is 1. The summed E-state index contributed by atoms with van der Waals surface area (Å²) in [6, 6.07) is 6.31. The average molecular weight is 236 g/mol. The molecule has 0 saturated carbocycles. The minimum Gasteiger partial charge on any atom is -0.497 e. The van der Waals surface area contributed by atoms with Gasteiger partial charge in [0.05, 0.1) is 23.4 Å². The number of benzene rings is 1. The highest BCUT2D eigenvalue weighted by Crippen LogP contribution is 2.29. The van der Waals surface area contributed by atoms with Gasteiger partial charge < -0.3 is 10.1 Å². The standard InChI is InChI=1S/C12H16N2OS/c1-4-13-8(2)12-14-10-6-5-9(15-3)7-11(10)16-12/h5-8,13H,4H2,1-3H3. The lowest BCUT2D eigenvalue weighted by atomic mass is 10.3. The average Bonchev–Trinajstić information content (AvgIpc) is 2.71. The summed E-state index contributed by atoms with van der Waals surface area (Å²) in [7, 11) is 1.68. The van der Waals surface area contributed by atoms with Crippen molar-refractivity contribution >= 4 is 21.6 Å². The van der Waals surface area contributed by atoms with E-state index in [4.69, 9.17) is 4.74 Å². The molecule has 0 saturated heterocycles. The molecular formula is C12H16N2OS. The Morgan fingerprint density at radius 3 is 3.00 bits per heavy atom. The number of thiazole rings is 1. The maximum atomic E-state index is 5.20. The highest BCUT2D eigenvalue weighted by Gasteiger charge is 2.10. The summed E-state index contributed by atoms with van der Waals surface area (Å²) in [6.45, 7) is 5.20. The van der Waals surface area contributed by atoms with E-state index in [2.05, 4.69) is 24.1 Å². The third-order valence-electron chi connectivity index (χ3n) is 2.49. The molecule has 1 aromatic heterocycles. The molecule has 1 unspecified atom stereocenters. The van der Waals surface area contributed by atoms with Gasteiger partial charge in [-0.15, -0.1) is 11.3 Å². The van der Waals surface area contributed by atoms with E-state index < -0.39 is 0 Å². The quantitative estimate of drug-likeness (QED) is 0.886. The molecule has 86 valence electrons. The first-order valence-corrected chi connectivity index (χ1v) is 6.24. The van der Waals surface area contributed by atoms with Crippen LogP contribution in [0.2, 0.25) is 0 Å². The Morgan fingerprint density at radius 2 is 2.31 bits per heavy atom. The zero-order valence-corrected chi connectivity index (χ0v) is 10.6. The Hall–Kier alpha value is -1.13. The number of nitrogens with zero attached hydrogens (tertiary/aromatic N) is 1. The second-order valence-corrected chi connectivity index (χ2v) is 4.73. The van der Waals surface area contributed by atoms with Gasteiger partial charge in [-0.2, -0.15) is 0 Å². The van der Waals surface area contributed by atoms with Crippen LogP contribution in [0.15, 0.2) is 18.2 Å². The molecule has 4 heteroatoms. The summed E-state index contributed by atoms with van der Waals surface area (Å²) >= 11 is 1.72. The van der Waals surface area contributed by atoms with E-state index >= 15 is 0 Å². The van der Waals surface area contributed by atoms with Crippen LogP contribution in [0.5, 0.6) is 5.75 Å². The highest BCUT2D eigenvalue weighted by molar-refractivity contribution is 7.18. The second kappa shape index (κ2) is 4.80. The molecular weight excluding hydrogens is 220 g/mol. The first kappa shape index (κ1) is 11.4. The molecule has 0 aliphatic carbocycles. The number of rotatable bonds is 4. The van der Waals surface area contributed by atoms with Crippen LogP contribution in [-0.4, -0.2) is 18.6 Å². The molecule has 0 aliphatic rings. The number of fused-ring (bicyclic) bond motifs is 1. The minimum absolute atomic E-state index is 0.313. The van der Waals surface area contributed by atoms with Gasteiger partial charge in [0.1, 0.15) is 10.8 Å². The topological polar surface area (TPSA) is 34.2 Å². The van der Waals surface area contributed by atoms with Crippen molar-refractivity contribution in [1.29, 1.82) is 0 Å². The van der Waals surface area contributed by atoms with E-state index in [1.165, 1.54) is 4.70 Å². The first-order valence-electron chi connectivity index (χ1n) is 5.42. The van der Waals surface area contributed by atoms with Gasteiger partial charge in [-0.05, 0) is 31.7 Å². The predicted octanol–water partition coefficient (Wildman–Crippen LogP) is 2.98. The molecule has 3 nitrogen and oxygen atoms in total. The normalized spacial score (nSPS) is 12.9. The van der Waals surface area contributed by atoms with Crippen molar-refractivity contribution < 1.29 is 4.74 Å². The van der Waals surface area contributed by atoms with Crippen LogP contribution >= 0.6 is 11.3 Å². The molecule has 2 rings (SSSR count). The molecule has 16 heavy (non-hydrogen) atoms. The molecule has 0 spiro atoms. The fourth-order valence-corrected chi connectivity index (χ4v) is 2.65. The Kier molecular flexibility index (Phi) is 3.41. The van der Waals surface area contributed by atoms with Gasteiger partial charge in [-0.25, -0.2) is 4.98 Å². The molecule has 1 aromatic carbocycles. The van der Waals surface area contributed by atoms with Gasteiger partial charge in [0.15, 0.2) is 0 Å². The van der Waals surface area contributed by atoms with Gasteiger partial charge >= 0.3 is 0 Å². The number of methoxy groups -OCH3 is 1. The van der Waals surface area contributed by atoms with Crippen LogP contribution < -0.4 is 10.1 Å². The zero-order valence-electron chi connectivity index (χ0n) is 9.78. The summed E-state index contributed by atoms with van der Waals surface area (Å²) in [5.41, 5.74) is 1.05. The smallest absolute Gasteiger partial charge is 0.120 e. The largest absolute Gasteiger partial charge is 0.497 e. The van der Waals surface area contributed by atoms with Crippen molar-refractivity contribution in [3.8, 4) is 5.75 Å². The van der Waals surface area contributed by atoms with Crippen molar-refractivity contribution in [2.75, 3.05) is 13.7 Å². The van der Waals surface area contributed by atoms with E-state index in [1.807, 2.05) is 18.2 Å². The highest BCUT2D eigenvalue weighted by atomic mass is 32.1. The minimum atomic E-state index is 0.313. The van der Waals surface area contributed by atoms with E-state index in [1.54, 1.807) is 18.4 Å². The third-order valence-corrected chi connectivity index (χ3v) is 3.69. The van der Waals surface area contributed by atoms with Crippen molar-refractivity contribution in [3.63, 3.8) is 0 Å². The van der Waals surface area contributed by atoms with Crippen molar-refractivity contribution in [1.82, 2.24) is 10.3 Å². The number of aromatic nitrogens is 1. The van der Waals surface area contributed by atoms with Crippen LogP contribution in [0.1, 0.15) is 24.9 Å². The van der Waals surface area contributed by atoms with E-state index in [-0.39, 0.29) is 0 Å². The second-order valence-electron chi connectivity index (χ2n) is 3.67. The molecule has 1 atom stereocenters. The lowest BCUT2D eigenvalue weighted by Crippen LogP contribution is -2.17. The van der Waals surface area contributed by atoms with E-state index in [9.17, 15) is 0 Å². The number of hydrogen-bond acceptors (Lipinski definition) is 4. The monoisotopic (exact) mass is 236 g/mol. The molecule has 0 fully saturated rings. The van der Waals surface area contributed by atoms with Crippen molar-refractivity contribution in [3.05, 3.63) is 23.2 Å². The summed E-state index contributed by atoms with van der Waals surface area (Å²) in [6.07, 6.45) is 0. The zero-order chi connectivity index (χ0) is 11.5. The molecule has 1 heterocycles. The number of hydrogen-bond donors (Lipinski definition) is 1.